The second-order valence-corrected chi connectivity index (χ2v) is 6.96. The van der Waals surface area contributed by atoms with Crippen LogP contribution >= 0.6 is 11.6 Å². The van der Waals surface area contributed by atoms with Crippen molar-refractivity contribution in [1.29, 1.82) is 0 Å². The van der Waals surface area contributed by atoms with E-state index in [0.717, 1.165) is 0 Å². The molecule has 1 heterocycles. The number of nitrogens with zero attached hydrogens (tertiary/aromatic N) is 1. The van der Waals surface area contributed by atoms with Gasteiger partial charge in [0.2, 0.25) is 0 Å². The third-order valence-corrected chi connectivity index (χ3v) is 5.21. The fourth-order valence-corrected chi connectivity index (χ4v) is 3.58. The molecule has 0 spiro atoms. The average molecular weight is 403 g/mol. The minimum absolute atomic E-state index is 0.0302. The number of piperidine rings is 1. The van der Waals surface area contributed by atoms with Gasteiger partial charge in [-0.1, -0.05) is 29.8 Å². The lowest BCUT2D eigenvalue weighted by Gasteiger charge is -2.32. The minimum atomic E-state index is -0.245. The maximum absolute atomic E-state index is 12.8. The smallest absolute Gasteiger partial charge is 0.259 e. The first-order chi connectivity index (χ1) is 13.5. The fourth-order valence-electron chi connectivity index (χ4n) is 3.36. The SMILES string of the molecule is COc1cccc(OC)c1C(=O)NC1CCN(C(=O)c2ccccc2Cl)CC1. The molecule has 0 aromatic heterocycles. The number of benzene rings is 2. The third-order valence-electron chi connectivity index (χ3n) is 4.88. The molecule has 2 aromatic rings. The van der Waals surface area contributed by atoms with Crippen molar-refractivity contribution in [1.82, 2.24) is 10.2 Å². The van der Waals surface area contributed by atoms with Crippen molar-refractivity contribution in [3.8, 4) is 11.5 Å². The molecule has 1 aliphatic rings. The summed E-state index contributed by atoms with van der Waals surface area (Å²) in [6.07, 6.45) is 1.33. The monoisotopic (exact) mass is 402 g/mol. The molecule has 1 N–H and O–H groups in total. The van der Waals surface area contributed by atoms with Crippen LogP contribution in [0.4, 0.5) is 0 Å². The highest BCUT2D eigenvalue weighted by Crippen LogP contribution is 2.28. The molecule has 28 heavy (non-hydrogen) atoms. The van der Waals surface area contributed by atoms with Crippen molar-refractivity contribution < 1.29 is 19.1 Å². The predicted octanol–water partition coefficient (Wildman–Crippen LogP) is 3.39. The zero-order valence-corrected chi connectivity index (χ0v) is 16.7. The van der Waals surface area contributed by atoms with Gasteiger partial charge in [0.05, 0.1) is 24.8 Å². The molecule has 0 unspecified atom stereocenters. The van der Waals surface area contributed by atoms with Gasteiger partial charge in [-0.3, -0.25) is 9.59 Å². The fraction of sp³-hybridized carbons (Fsp3) is 0.333. The number of halogens is 1. The van der Waals surface area contributed by atoms with Gasteiger partial charge in [0.15, 0.2) is 0 Å². The van der Waals surface area contributed by atoms with Crippen LogP contribution in [0, 0.1) is 0 Å². The van der Waals surface area contributed by atoms with E-state index in [4.69, 9.17) is 21.1 Å². The Morgan fingerprint density at radius 2 is 1.61 bits per heavy atom. The van der Waals surface area contributed by atoms with Gasteiger partial charge in [0.1, 0.15) is 17.1 Å². The van der Waals surface area contributed by atoms with E-state index in [1.807, 2.05) is 0 Å². The lowest BCUT2D eigenvalue weighted by molar-refractivity contribution is 0.0698. The molecule has 3 rings (SSSR count). The largest absolute Gasteiger partial charge is 0.496 e. The third kappa shape index (κ3) is 4.22. The van der Waals surface area contributed by atoms with Gasteiger partial charge >= 0.3 is 0 Å². The molecule has 1 aliphatic heterocycles. The standard InChI is InChI=1S/C21H23ClN2O4/c1-27-17-8-5-9-18(28-2)19(17)20(25)23-14-10-12-24(13-11-14)21(26)15-6-3-4-7-16(15)22/h3-9,14H,10-13H2,1-2H3,(H,23,25). The van der Waals surface area contributed by atoms with Crippen molar-refractivity contribution >= 4 is 23.4 Å². The number of amides is 2. The van der Waals surface area contributed by atoms with Gasteiger partial charge in [-0.15, -0.1) is 0 Å². The quantitative estimate of drug-likeness (QED) is 0.832. The van der Waals surface area contributed by atoms with E-state index in [1.54, 1.807) is 47.4 Å². The summed E-state index contributed by atoms with van der Waals surface area (Å²) in [5.74, 6) is 0.596. The van der Waals surface area contributed by atoms with Gasteiger partial charge < -0.3 is 19.7 Å². The highest BCUT2D eigenvalue weighted by Gasteiger charge is 2.27. The molecule has 0 radical (unpaired) electrons. The number of hydrogen-bond donors (Lipinski definition) is 1. The molecule has 0 saturated carbocycles. The molecule has 0 aliphatic carbocycles. The Kier molecular flexibility index (Phi) is 6.41. The van der Waals surface area contributed by atoms with Crippen LogP contribution in [-0.4, -0.2) is 50.1 Å². The highest BCUT2D eigenvalue weighted by atomic mass is 35.5. The summed E-state index contributed by atoms with van der Waals surface area (Å²) in [4.78, 5) is 27.2. The average Bonchev–Trinajstić information content (AvgIpc) is 2.73. The van der Waals surface area contributed by atoms with Crippen molar-refractivity contribution in [2.75, 3.05) is 27.3 Å². The molecule has 6 nitrogen and oxygen atoms in total. The summed E-state index contributed by atoms with van der Waals surface area (Å²) >= 11 is 6.13. The van der Waals surface area contributed by atoms with E-state index in [1.165, 1.54) is 14.2 Å². The summed E-state index contributed by atoms with van der Waals surface area (Å²) < 4.78 is 10.6. The van der Waals surface area contributed by atoms with E-state index in [0.29, 0.717) is 53.6 Å². The number of likely N-dealkylation sites (tertiary alicyclic amines) is 1. The van der Waals surface area contributed by atoms with Crippen LogP contribution in [0.25, 0.3) is 0 Å². The topological polar surface area (TPSA) is 67.9 Å². The second kappa shape index (κ2) is 8.97. The molecule has 2 amide bonds. The number of hydrogen-bond acceptors (Lipinski definition) is 4. The van der Waals surface area contributed by atoms with E-state index < -0.39 is 0 Å². The Morgan fingerprint density at radius 1 is 1.00 bits per heavy atom. The maximum atomic E-state index is 12.8. The molecular formula is C21H23ClN2O4. The van der Waals surface area contributed by atoms with Crippen LogP contribution < -0.4 is 14.8 Å². The summed E-state index contributed by atoms with van der Waals surface area (Å²) in [5.41, 5.74) is 0.882. The first kappa shape index (κ1) is 20.0. The summed E-state index contributed by atoms with van der Waals surface area (Å²) in [6, 6.07) is 12.2. The highest BCUT2D eigenvalue weighted by molar-refractivity contribution is 6.33. The van der Waals surface area contributed by atoms with E-state index in [2.05, 4.69) is 5.32 Å². The van der Waals surface area contributed by atoms with Crippen LogP contribution in [0.3, 0.4) is 0 Å². The van der Waals surface area contributed by atoms with E-state index in [-0.39, 0.29) is 17.9 Å². The normalized spacial score (nSPS) is 14.5. The van der Waals surface area contributed by atoms with Crippen LogP contribution in [0.15, 0.2) is 42.5 Å². The molecule has 0 bridgehead atoms. The summed E-state index contributed by atoms with van der Waals surface area (Å²) in [5, 5.41) is 3.48. The zero-order valence-electron chi connectivity index (χ0n) is 15.9. The zero-order chi connectivity index (χ0) is 20.1. The maximum Gasteiger partial charge on any atom is 0.259 e. The lowest BCUT2D eigenvalue weighted by Crippen LogP contribution is -2.46. The van der Waals surface area contributed by atoms with Crippen LogP contribution in [0.1, 0.15) is 33.6 Å². The van der Waals surface area contributed by atoms with E-state index >= 15 is 0 Å². The van der Waals surface area contributed by atoms with Crippen molar-refractivity contribution in [2.45, 2.75) is 18.9 Å². The van der Waals surface area contributed by atoms with E-state index in [9.17, 15) is 9.59 Å². The summed E-state index contributed by atoms with van der Waals surface area (Å²) in [7, 11) is 3.04. The molecule has 0 atom stereocenters. The Morgan fingerprint density at radius 3 is 2.18 bits per heavy atom. The van der Waals surface area contributed by atoms with Crippen molar-refractivity contribution in [3.63, 3.8) is 0 Å². The molecule has 1 saturated heterocycles. The van der Waals surface area contributed by atoms with Crippen molar-refractivity contribution in [3.05, 3.63) is 58.6 Å². The number of carbonyl (C=O) groups excluding carboxylic acids is 2. The predicted molar refractivity (Wildman–Crippen MR) is 107 cm³/mol. The Hall–Kier alpha value is -2.73. The van der Waals surface area contributed by atoms with Gasteiger partial charge in [0, 0.05) is 19.1 Å². The number of rotatable bonds is 5. The Bertz CT molecular complexity index is 841. The Labute approximate surface area is 169 Å². The summed E-state index contributed by atoms with van der Waals surface area (Å²) in [6.45, 7) is 1.11. The Balaban J connectivity index is 1.63. The first-order valence-electron chi connectivity index (χ1n) is 9.10. The van der Waals surface area contributed by atoms with Gasteiger partial charge in [0.25, 0.3) is 11.8 Å². The lowest BCUT2D eigenvalue weighted by atomic mass is 10.0. The number of ether oxygens (including phenoxy) is 2. The number of methoxy groups -OCH3 is 2. The minimum Gasteiger partial charge on any atom is -0.496 e. The van der Waals surface area contributed by atoms with Gasteiger partial charge in [-0.2, -0.15) is 0 Å². The van der Waals surface area contributed by atoms with Crippen molar-refractivity contribution in [2.24, 2.45) is 0 Å². The van der Waals surface area contributed by atoms with Gasteiger partial charge in [-0.05, 0) is 37.1 Å². The molecule has 148 valence electrons. The van der Waals surface area contributed by atoms with Crippen LogP contribution in [-0.2, 0) is 0 Å². The molecule has 7 heteroatoms. The van der Waals surface area contributed by atoms with Crippen LogP contribution in [0.2, 0.25) is 5.02 Å². The van der Waals surface area contributed by atoms with Gasteiger partial charge in [-0.25, -0.2) is 0 Å². The number of nitrogens with one attached hydrogen (secondary N) is 1. The molecule has 2 aromatic carbocycles. The second-order valence-electron chi connectivity index (χ2n) is 6.56. The molecular weight excluding hydrogens is 380 g/mol. The van der Waals surface area contributed by atoms with Crippen LogP contribution in [0.5, 0.6) is 11.5 Å². The number of carbonyl (C=O) groups is 2. The first-order valence-corrected chi connectivity index (χ1v) is 9.48. The molecule has 1 fully saturated rings.